The Hall–Kier alpha value is -2.06. The van der Waals surface area contributed by atoms with E-state index >= 15 is 0 Å². The highest BCUT2D eigenvalue weighted by atomic mass is 35.5. The molecule has 3 aromatic rings. The lowest BCUT2D eigenvalue weighted by Gasteiger charge is -2.34. The number of nitrogens with zero attached hydrogens (tertiary/aromatic N) is 2. The second kappa shape index (κ2) is 7.28. The number of hydrogen-bond acceptors (Lipinski definition) is 1. The van der Waals surface area contributed by atoms with Crippen molar-refractivity contribution in [3.63, 3.8) is 0 Å². The summed E-state index contributed by atoms with van der Waals surface area (Å²) in [6.07, 6.45) is 10.4. The Labute approximate surface area is 160 Å². The summed E-state index contributed by atoms with van der Waals surface area (Å²) in [4.78, 5) is 4.22. The second-order valence-electron chi connectivity index (χ2n) is 7.70. The van der Waals surface area contributed by atoms with Crippen LogP contribution in [0.25, 0.3) is 0 Å². The van der Waals surface area contributed by atoms with Crippen molar-refractivity contribution in [1.82, 2.24) is 9.55 Å². The van der Waals surface area contributed by atoms with Gasteiger partial charge in [-0.3, -0.25) is 0 Å². The van der Waals surface area contributed by atoms with Crippen LogP contribution in [0.5, 0.6) is 0 Å². The van der Waals surface area contributed by atoms with Gasteiger partial charge in [0.25, 0.3) is 0 Å². The maximum Gasteiger partial charge on any atom is 0.147 e. The highest BCUT2D eigenvalue weighted by Gasteiger charge is 2.28. The van der Waals surface area contributed by atoms with Gasteiger partial charge in [0.2, 0.25) is 0 Å². The van der Waals surface area contributed by atoms with Crippen molar-refractivity contribution in [2.45, 2.75) is 50.5 Å². The van der Waals surface area contributed by atoms with E-state index < -0.39 is 0 Å². The van der Waals surface area contributed by atoms with Crippen molar-refractivity contribution >= 4 is 11.6 Å². The highest BCUT2D eigenvalue weighted by Crippen LogP contribution is 2.39. The molecule has 1 heterocycles. The van der Waals surface area contributed by atoms with E-state index in [4.69, 9.17) is 11.6 Å². The van der Waals surface area contributed by atoms with Crippen molar-refractivity contribution < 1.29 is 0 Å². The molecule has 1 aliphatic carbocycles. The quantitative estimate of drug-likeness (QED) is 0.524. The van der Waals surface area contributed by atoms with Crippen molar-refractivity contribution in [3.05, 3.63) is 89.0 Å². The van der Waals surface area contributed by atoms with Crippen LogP contribution in [-0.2, 0) is 5.41 Å². The average molecular weight is 365 g/mol. The Morgan fingerprint density at radius 3 is 2.19 bits per heavy atom. The van der Waals surface area contributed by atoms with E-state index in [2.05, 4.69) is 71.1 Å². The molecule has 0 spiro atoms. The molecule has 4 rings (SSSR count). The Morgan fingerprint density at radius 2 is 1.58 bits per heavy atom. The molecule has 0 amide bonds. The highest BCUT2D eigenvalue weighted by molar-refractivity contribution is 6.29. The Balaban J connectivity index is 1.70. The van der Waals surface area contributed by atoms with Crippen LogP contribution in [0.3, 0.4) is 0 Å². The van der Waals surface area contributed by atoms with Crippen LogP contribution >= 0.6 is 11.6 Å². The molecule has 1 saturated carbocycles. The summed E-state index contributed by atoms with van der Waals surface area (Å²) in [6.45, 7) is 2.42. The lowest BCUT2D eigenvalue weighted by atomic mass is 9.71. The van der Waals surface area contributed by atoms with Crippen molar-refractivity contribution in [2.75, 3.05) is 0 Å². The molecule has 1 unspecified atom stereocenters. The number of aromatic nitrogens is 2. The van der Waals surface area contributed by atoms with E-state index in [9.17, 15) is 0 Å². The molecule has 3 heteroatoms. The van der Waals surface area contributed by atoms with Crippen LogP contribution in [0, 0.1) is 0 Å². The minimum absolute atomic E-state index is 0.0874. The molecule has 0 saturated heterocycles. The van der Waals surface area contributed by atoms with Gasteiger partial charge in [-0.2, -0.15) is 0 Å². The first-order valence-corrected chi connectivity index (χ1v) is 9.88. The normalized spacial score (nSPS) is 17.8. The molecular formula is C23H25ClN2. The van der Waals surface area contributed by atoms with Gasteiger partial charge in [-0.25, -0.2) is 4.98 Å². The van der Waals surface area contributed by atoms with E-state index in [1.54, 1.807) is 0 Å². The van der Waals surface area contributed by atoms with Crippen LogP contribution in [-0.4, -0.2) is 9.55 Å². The molecule has 2 nitrogen and oxygen atoms in total. The second-order valence-corrected chi connectivity index (χ2v) is 8.09. The van der Waals surface area contributed by atoms with Gasteiger partial charge in [-0.05, 0) is 34.9 Å². The Kier molecular flexibility index (Phi) is 4.86. The third-order valence-electron chi connectivity index (χ3n) is 5.86. The summed E-state index contributed by atoms with van der Waals surface area (Å²) in [6, 6.07) is 19.8. The van der Waals surface area contributed by atoms with Crippen LogP contribution in [0.1, 0.15) is 61.8 Å². The molecule has 26 heavy (non-hydrogen) atoms. The maximum absolute atomic E-state index is 6.09. The van der Waals surface area contributed by atoms with Crippen LogP contribution in [0.2, 0.25) is 5.15 Å². The largest absolute Gasteiger partial charge is 0.324 e. The van der Waals surface area contributed by atoms with Gasteiger partial charge in [0.15, 0.2) is 0 Å². The SMILES string of the molecule is CC1(c2ccc(C(c3ccccc3)n3cnc(Cl)c3)cc2)CCCCC1. The fourth-order valence-electron chi connectivity index (χ4n) is 4.31. The zero-order valence-electron chi connectivity index (χ0n) is 15.2. The first kappa shape index (κ1) is 17.4. The Bertz CT molecular complexity index is 845. The molecule has 1 atom stereocenters. The van der Waals surface area contributed by atoms with Gasteiger partial charge in [0.05, 0.1) is 12.4 Å². The number of benzene rings is 2. The topological polar surface area (TPSA) is 17.8 Å². The molecule has 1 aromatic heterocycles. The van der Waals surface area contributed by atoms with E-state index in [0.29, 0.717) is 10.6 Å². The number of halogens is 1. The van der Waals surface area contributed by atoms with Gasteiger partial charge in [-0.15, -0.1) is 0 Å². The average Bonchev–Trinajstić information content (AvgIpc) is 3.10. The zero-order valence-corrected chi connectivity index (χ0v) is 16.0. The summed E-state index contributed by atoms with van der Waals surface area (Å²) in [7, 11) is 0. The maximum atomic E-state index is 6.09. The fraction of sp³-hybridized carbons (Fsp3) is 0.348. The predicted molar refractivity (Wildman–Crippen MR) is 108 cm³/mol. The predicted octanol–water partition coefficient (Wildman–Crippen LogP) is 6.40. The van der Waals surface area contributed by atoms with Gasteiger partial charge >= 0.3 is 0 Å². The van der Waals surface area contributed by atoms with Gasteiger partial charge < -0.3 is 4.57 Å². The van der Waals surface area contributed by atoms with E-state index in [0.717, 1.165) is 0 Å². The van der Waals surface area contributed by atoms with E-state index in [-0.39, 0.29) is 6.04 Å². The van der Waals surface area contributed by atoms with E-state index in [1.807, 2.05) is 12.5 Å². The molecule has 1 fully saturated rings. The summed E-state index contributed by atoms with van der Waals surface area (Å²) < 4.78 is 2.09. The van der Waals surface area contributed by atoms with E-state index in [1.165, 1.54) is 48.8 Å². The van der Waals surface area contributed by atoms with Crippen LogP contribution < -0.4 is 0 Å². The number of imidazole rings is 1. The molecule has 0 bridgehead atoms. The molecule has 0 aliphatic heterocycles. The monoisotopic (exact) mass is 364 g/mol. The summed E-state index contributed by atoms with van der Waals surface area (Å²) in [5, 5.41) is 0.525. The minimum atomic E-state index is 0.0874. The van der Waals surface area contributed by atoms with Crippen molar-refractivity contribution in [3.8, 4) is 0 Å². The number of hydrogen-bond donors (Lipinski definition) is 0. The van der Waals surface area contributed by atoms with Gasteiger partial charge in [0.1, 0.15) is 5.15 Å². The van der Waals surface area contributed by atoms with Gasteiger partial charge in [0, 0.05) is 6.20 Å². The summed E-state index contributed by atoms with van der Waals surface area (Å²) in [5.74, 6) is 0. The van der Waals surface area contributed by atoms with Crippen molar-refractivity contribution in [2.24, 2.45) is 0 Å². The first-order chi connectivity index (χ1) is 12.7. The van der Waals surface area contributed by atoms with Crippen LogP contribution in [0.15, 0.2) is 67.1 Å². The minimum Gasteiger partial charge on any atom is -0.324 e. The molecule has 134 valence electrons. The lowest BCUT2D eigenvalue weighted by Crippen LogP contribution is -2.25. The van der Waals surface area contributed by atoms with Crippen LogP contribution in [0.4, 0.5) is 0 Å². The number of rotatable bonds is 4. The lowest BCUT2D eigenvalue weighted by molar-refractivity contribution is 0.319. The third kappa shape index (κ3) is 3.43. The fourth-order valence-corrected chi connectivity index (χ4v) is 4.47. The smallest absolute Gasteiger partial charge is 0.147 e. The molecular weight excluding hydrogens is 340 g/mol. The molecule has 0 N–H and O–H groups in total. The van der Waals surface area contributed by atoms with Gasteiger partial charge in [-0.1, -0.05) is 92.4 Å². The molecule has 0 radical (unpaired) electrons. The molecule has 2 aromatic carbocycles. The first-order valence-electron chi connectivity index (χ1n) is 9.50. The zero-order chi connectivity index (χ0) is 18.0. The summed E-state index contributed by atoms with van der Waals surface area (Å²) in [5.41, 5.74) is 4.29. The van der Waals surface area contributed by atoms with Crippen molar-refractivity contribution in [1.29, 1.82) is 0 Å². The third-order valence-corrected chi connectivity index (χ3v) is 6.06. The Morgan fingerprint density at radius 1 is 0.923 bits per heavy atom. The standard InChI is InChI=1S/C23H25ClN2/c1-23(14-6-3-7-15-23)20-12-10-19(11-13-20)22(18-8-4-2-5-9-18)26-16-21(24)25-17-26/h2,4-5,8-13,16-17,22H,3,6-7,14-15H2,1H3. The summed E-state index contributed by atoms with van der Waals surface area (Å²) >= 11 is 6.09. The molecule has 1 aliphatic rings.